The zero-order chi connectivity index (χ0) is 18.0. The van der Waals surface area contributed by atoms with Gasteiger partial charge in [-0.15, -0.1) is 0 Å². The van der Waals surface area contributed by atoms with Crippen LogP contribution in [0.2, 0.25) is 0 Å². The molecule has 5 nitrogen and oxygen atoms in total. The van der Waals surface area contributed by atoms with E-state index in [0.29, 0.717) is 21.6 Å². The van der Waals surface area contributed by atoms with Crippen molar-refractivity contribution in [2.45, 2.75) is 24.3 Å². The Balaban J connectivity index is 2.29. The van der Waals surface area contributed by atoms with Crippen molar-refractivity contribution in [2.75, 3.05) is 7.11 Å². The van der Waals surface area contributed by atoms with Crippen molar-refractivity contribution in [3.8, 4) is 5.69 Å². The average molecular weight is 354 g/mol. The molecule has 0 aliphatic carbocycles. The third-order valence-corrected chi connectivity index (χ3v) is 4.57. The van der Waals surface area contributed by atoms with Gasteiger partial charge in [0.05, 0.1) is 29.3 Å². The molecule has 0 spiro atoms. The molecule has 0 unspecified atom stereocenters. The lowest BCUT2D eigenvalue weighted by molar-refractivity contribution is 0.0601. The Kier molecular flexibility index (Phi) is 4.90. The van der Waals surface area contributed by atoms with Gasteiger partial charge in [0.2, 0.25) is 0 Å². The van der Waals surface area contributed by atoms with Crippen molar-refractivity contribution in [2.24, 2.45) is 0 Å². The zero-order valence-electron chi connectivity index (χ0n) is 14.2. The lowest BCUT2D eigenvalue weighted by atomic mass is 10.1. The predicted octanol–water partition coefficient (Wildman–Crippen LogP) is 3.67. The molecule has 2 aromatic carbocycles. The molecule has 3 rings (SSSR count). The molecule has 0 aliphatic heterocycles. The molecular formula is C19H18N2O3S. The van der Waals surface area contributed by atoms with Gasteiger partial charge in [0.1, 0.15) is 0 Å². The number of para-hydroxylation sites is 1. The Morgan fingerprint density at radius 2 is 1.88 bits per heavy atom. The van der Waals surface area contributed by atoms with E-state index in [9.17, 15) is 9.59 Å². The van der Waals surface area contributed by atoms with Crippen LogP contribution in [0.1, 0.15) is 24.2 Å². The smallest absolute Gasteiger partial charge is 0.337 e. The fourth-order valence-electron chi connectivity index (χ4n) is 2.50. The summed E-state index contributed by atoms with van der Waals surface area (Å²) in [7, 11) is 1.33. The molecule has 0 N–H and O–H groups in total. The van der Waals surface area contributed by atoms with Crippen LogP contribution in [0.5, 0.6) is 0 Å². The molecule has 0 saturated heterocycles. The van der Waals surface area contributed by atoms with E-state index >= 15 is 0 Å². The van der Waals surface area contributed by atoms with Crippen LogP contribution < -0.4 is 5.56 Å². The van der Waals surface area contributed by atoms with Crippen molar-refractivity contribution in [1.29, 1.82) is 0 Å². The van der Waals surface area contributed by atoms with Crippen molar-refractivity contribution in [3.05, 3.63) is 64.4 Å². The van der Waals surface area contributed by atoms with Crippen LogP contribution in [0.15, 0.2) is 58.5 Å². The van der Waals surface area contributed by atoms with Crippen molar-refractivity contribution in [1.82, 2.24) is 9.55 Å². The van der Waals surface area contributed by atoms with Crippen LogP contribution in [0.25, 0.3) is 16.6 Å². The van der Waals surface area contributed by atoms with E-state index in [4.69, 9.17) is 4.74 Å². The van der Waals surface area contributed by atoms with Crippen LogP contribution in [0.4, 0.5) is 0 Å². The zero-order valence-corrected chi connectivity index (χ0v) is 15.0. The van der Waals surface area contributed by atoms with Crippen LogP contribution in [0.3, 0.4) is 0 Å². The van der Waals surface area contributed by atoms with Crippen LogP contribution >= 0.6 is 11.8 Å². The largest absolute Gasteiger partial charge is 0.465 e. The lowest BCUT2D eigenvalue weighted by Gasteiger charge is -2.14. The Morgan fingerprint density at radius 1 is 1.16 bits per heavy atom. The molecule has 3 aromatic rings. The summed E-state index contributed by atoms with van der Waals surface area (Å²) in [6, 6.07) is 14.2. The maximum absolute atomic E-state index is 13.1. The van der Waals surface area contributed by atoms with Gasteiger partial charge in [-0.1, -0.05) is 43.8 Å². The van der Waals surface area contributed by atoms with Gasteiger partial charge in [0, 0.05) is 5.25 Å². The van der Waals surface area contributed by atoms with Crippen LogP contribution in [-0.2, 0) is 4.74 Å². The van der Waals surface area contributed by atoms with Crippen molar-refractivity contribution >= 4 is 28.6 Å². The number of fused-ring (bicyclic) bond motifs is 1. The van der Waals surface area contributed by atoms with E-state index in [0.717, 1.165) is 5.69 Å². The standard InChI is InChI=1S/C19H18N2O3S/c1-12(2)25-19-20-16-11-13(18(23)24-3)9-10-15(16)17(22)21(19)14-7-5-4-6-8-14/h4-12H,1-3H3. The molecule has 0 radical (unpaired) electrons. The van der Waals surface area contributed by atoms with Crippen molar-refractivity contribution in [3.63, 3.8) is 0 Å². The Hall–Kier alpha value is -2.60. The highest BCUT2D eigenvalue weighted by Gasteiger charge is 2.16. The number of thioether (sulfide) groups is 1. The maximum Gasteiger partial charge on any atom is 0.337 e. The second-order valence-corrected chi connectivity index (χ2v) is 7.30. The Morgan fingerprint density at radius 3 is 2.52 bits per heavy atom. The van der Waals surface area contributed by atoms with E-state index in [1.165, 1.54) is 18.9 Å². The van der Waals surface area contributed by atoms with E-state index in [1.54, 1.807) is 22.8 Å². The van der Waals surface area contributed by atoms with Crippen LogP contribution in [0, 0.1) is 0 Å². The normalized spacial score (nSPS) is 11.0. The summed E-state index contributed by atoms with van der Waals surface area (Å²) in [5.41, 5.74) is 1.47. The number of carbonyl (C=O) groups is 1. The number of carbonyl (C=O) groups excluding carboxylic acids is 1. The molecular weight excluding hydrogens is 336 g/mol. The number of nitrogens with zero attached hydrogens (tertiary/aromatic N) is 2. The maximum atomic E-state index is 13.1. The van der Waals surface area contributed by atoms with Crippen LogP contribution in [-0.4, -0.2) is 27.9 Å². The number of benzene rings is 2. The summed E-state index contributed by atoms with van der Waals surface area (Å²) in [6.45, 7) is 4.09. The number of esters is 1. The number of rotatable bonds is 4. The predicted molar refractivity (Wildman–Crippen MR) is 99.7 cm³/mol. The summed E-state index contributed by atoms with van der Waals surface area (Å²) in [5, 5.41) is 1.31. The quantitative estimate of drug-likeness (QED) is 0.406. The minimum atomic E-state index is -0.450. The van der Waals surface area contributed by atoms with Gasteiger partial charge in [0.25, 0.3) is 5.56 Å². The summed E-state index contributed by atoms with van der Waals surface area (Å²) >= 11 is 1.50. The topological polar surface area (TPSA) is 61.2 Å². The molecule has 0 aliphatic rings. The number of hydrogen-bond acceptors (Lipinski definition) is 5. The van der Waals surface area contributed by atoms with Gasteiger partial charge >= 0.3 is 5.97 Å². The highest BCUT2D eigenvalue weighted by atomic mass is 32.2. The number of aromatic nitrogens is 2. The highest BCUT2D eigenvalue weighted by Crippen LogP contribution is 2.25. The second kappa shape index (κ2) is 7.11. The van der Waals surface area contributed by atoms with E-state index in [1.807, 2.05) is 44.2 Å². The fraction of sp³-hybridized carbons (Fsp3) is 0.211. The number of methoxy groups -OCH3 is 1. The Bertz CT molecular complexity index is 981. The highest BCUT2D eigenvalue weighted by molar-refractivity contribution is 7.99. The SMILES string of the molecule is COC(=O)c1ccc2c(=O)n(-c3ccccc3)c(SC(C)C)nc2c1. The third-order valence-electron chi connectivity index (χ3n) is 3.62. The van der Waals surface area contributed by atoms with Gasteiger partial charge in [-0.05, 0) is 30.3 Å². The molecule has 0 saturated carbocycles. The molecule has 0 fully saturated rings. The fourth-order valence-corrected chi connectivity index (χ4v) is 3.37. The second-order valence-electron chi connectivity index (χ2n) is 5.76. The molecule has 1 heterocycles. The molecule has 0 atom stereocenters. The molecule has 0 amide bonds. The van der Waals surface area contributed by atoms with E-state index < -0.39 is 5.97 Å². The van der Waals surface area contributed by atoms with E-state index in [2.05, 4.69) is 4.98 Å². The minimum Gasteiger partial charge on any atom is -0.465 e. The summed E-state index contributed by atoms with van der Waals surface area (Å²) in [4.78, 5) is 29.5. The monoisotopic (exact) mass is 354 g/mol. The molecule has 1 aromatic heterocycles. The van der Waals surface area contributed by atoms with Gasteiger partial charge in [-0.2, -0.15) is 0 Å². The lowest BCUT2D eigenvalue weighted by Crippen LogP contribution is -2.22. The molecule has 128 valence electrons. The van der Waals surface area contributed by atoms with Gasteiger partial charge in [-0.25, -0.2) is 9.78 Å². The first-order valence-electron chi connectivity index (χ1n) is 7.88. The molecule has 6 heteroatoms. The van der Waals surface area contributed by atoms with Crippen molar-refractivity contribution < 1.29 is 9.53 Å². The van der Waals surface area contributed by atoms with Gasteiger partial charge in [0.15, 0.2) is 5.16 Å². The number of ether oxygens (including phenoxy) is 1. The average Bonchev–Trinajstić information content (AvgIpc) is 2.61. The summed E-state index contributed by atoms with van der Waals surface area (Å²) in [6.07, 6.45) is 0. The Labute approximate surface area is 149 Å². The summed E-state index contributed by atoms with van der Waals surface area (Å²) in [5.74, 6) is -0.450. The first-order chi connectivity index (χ1) is 12.0. The third kappa shape index (κ3) is 3.44. The first kappa shape index (κ1) is 17.2. The molecule has 25 heavy (non-hydrogen) atoms. The first-order valence-corrected chi connectivity index (χ1v) is 8.76. The number of hydrogen-bond donors (Lipinski definition) is 0. The minimum absolute atomic E-state index is 0.157. The summed E-state index contributed by atoms with van der Waals surface area (Å²) < 4.78 is 6.36. The van der Waals surface area contributed by atoms with E-state index in [-0.39, 0.29) is 10.8 Å². The van der Waals surface area contributed by atoms with Gasteiger partial charge < -0.3 is 4.74 Å². The molecule has 0 bridgehead atoms. The van der Waals surface area contributed by atoms with Gasteiger partial charge in [-0.3, -0.25) is 9.36 Å².